The summed E-state index contributed by atoms with van der Waals surface area (Å²) in [6.07, 6.45) is 26.4. The van der Waals surface area contributed by atoms with Crippen molar-refractivity contribution in [2.45, 2.75) is 9.79 Å². The number of nitrogens with one attached hydrogen (secondary N) is 2. The third-order valence-electron chi connectivity index (χ3n) is 18.2. The first-order valence-corrected chi connectivity index (χ1v) is 36.4. The van der Waals surface area contributed by atoms with Crippen molar-refractivity contribution in [2.24, 2.45) is 33.9 Å². The number of carbonyl (C=O) groups excluding carboxylic acids is 1. The van der Waals surface area contributed by atoms with Gasteiger partial charge in [0.25, 0.3) is 5.91 Å². The van der Waals surface area contributed by atoms with Crippen LogP contribution in [0.15, 0.2) is 259 Å². The maximum atomic E-state index is 12.7. The number of primary amides is 1. The van der Waals surface area contributed by atoms with E-state index in [0.29, 0.717) is 56.5 Å². The molecule has 4 N–H and O–H groups in total. The summed E-state index contributed by atoms with van der Waals surface area (Å²) in [5.41, 5.74) is 25.7. The lowest BCUT2D eigenvalue weighted by Gasteiger charge is -2.22. The first-order valence-electron chi connectivity index (χ1n) is 32.7. The lowest BCUT2D eigenvalue weighted by atomic mass is 10.0. The molecule has 9 heterocycles. The number of nitrogens with two attached hydrogens (primary N) is 1. The zero-order valence-corrected chi connectivity index (χ0v) is 58.8. The minimum atomic E-state index is -3.51. The second-order valence-electron chi connectivity index (χ2n) is 25.1. The fourth-order valence-electron chi connectivity index (χ4n) is 13.0. The Hall–Kier alpha value is -13.3. The van der Waals surface area contributed by atoms with Gasteiger partial charge in [0.1, 0.15) is 6.26 Å². The van der Waals surface area contributed by atoms with Gasteiger partial charge in [0.2, 0.25) is 5.89 Å². The highest BCUT2D eigenvalue weighted by atomic mass is 32.2. The van der Waals surface area contributed by atoms with E-state index in [1.54, 1.807) is 103 Å². The zero-order chi connectivity index (χ0) is 72.1. The van der Waals surface area contributed by atoms with Crippen LogP contribution in [0.5, 0.6) is 0 Å². The van der Waals surface area contributed by atoms with E-state index in [0.717, 1.165) is 99.7 Å². The quantitative estimate of drug-likeness (QED) is 0.0911. The molecule has 514 valence electrons. The number of rotatable bonds is 14. The number of pyridine rings is 1. The number of aromatic nitrogens is 13. The average Bonchev–Trinajstić information content (AvgIpc) is 1.07. The highest BCUT2D eigenvalue weighted by molar-refractivity contribution is 7.91. The minimum absolute atomic E-state index is 0.170. The topological polar surface area (TPSA) is 288 Å². The standard InChI is InChI=1S/C28H24N6O2S.C27H21N5O3S.C24H20N6O/c1-33-13-9-18-4-5-19(15-26(18)33)22-16-21(17-24-28(22)30-12-11-29-24)32-23-14-20(25-8-10-31-34(25)2)6-7-27(23)37(3,35)36;1-32-11-7-17-3-4-18(14-24(17)32)21-15-20(16-23-26(21)29-9-8-28-23)31-22-13-19(27-30-10-12-35-27)5-6-25(22)36(2,33)34;1-29-10-6-15-3-4-16(11-21(15)29)19-12-17(13-20-23(19)28-9-8-27-20)30(2)22-14-26-7-5-18(22)24(25)31/h4-17,32H,1-3H3;3-16,31H,1-2H3;3-14H,1-2H3,(H2,25,31). The summed E-state index contributed by atoms with van der Waals surface area (Å²) in [5, 5.41) is 14.4. The highest BCUT2D eigenvalue weighted by Gasteiger charge is 2.22. The molecule has 17 aromatic rings. The average molecular weight is 1410 g/mol. The molecule has 23 nitrogen and oxygen atoms in total. The molecule has 0 radical (unpaired) electrons. The molecule has 0 spiro atoms. The van der Waals surface area contributed by atoms with Crippen LogP contribution >= 0.6 is 0 Å². The predicted octanol–water partition coefficient (Wildman–Crippen LogP) is 15.0. The fourth-order valence-corrected chi connectivity index (χ4v) is 14.7. The lowest BCUT2D eigenvalue weighted by molar-refractivity contribution is 0.100. The van der Waals surface area contributed by atoms with E-state index in [4.69, 9.17) is 10.2 Å². The number of oxazole rings is 1. The van der Waals surface area contributed by atoms with Gasteiger partial charge < -0.3 is 39.4 Å². The zero-order valence-electron chi connectivity index (χ0n) is 57.2. The van der Waals surface area contributed by atoms with Crippen LogP contribution in [0.3, 0.4) is 0 Å². The summed E-state index contributed by atoms with van der Waals surface area (Å²) in [6.45, 7) is 0. The van der Waals surface area contributed by atoms with Gasteiger partial charge in [-0.25, -0.2) is 21.8 Å². The maximum Gasteiger partial charge on any atom is 0.250 e. The Kier molecular flexibility index (Phi) is 17.3. The van der Waals surface area contributed by atoms with E-state index in [9.17, 15) is 21.6 Å². The normalized spacial score (nSPS) is 11.6. The van der Waals surface area contributed by atoms with Crippen molar-refractivity contribution in [3.05, 3.63) is 250 Å². The first-order chi connectivity index (χ1) is 50.2. The maximum absolute atomic E-state index is 12.7. The van der Waals surface area contributed by atoms with Crippen LogP contribution in [0.1, 0.15) is 10.4 Å². The van der Waals surface area contributed by atoms with E-state index in [-0.39, 0.29) is 9.79 Å². The van der Waals surface area contributed by atoms with E-state index >= 15 is 0 Å². The Bertz CT molecular complexity index is 6460. The summed E-state index contributed by atoms with van der Waals surface area (Å²) in [5.74, 6) is -0.0988. The number of nitrogens with zero attached hydrogens (tertiary/aromatic N) is 14. The summed E-state index contributed by atoms with van der Waals surface area (Å²) >= 11 is 0. The van der Waals surface area contributed by atoms with Gasteiger partial charge in [0.15, 0.2) is 19.7 Å². The molecular formula is C79H65N17O6S2. The number of hydrogen-bond donors (Lipinski definition) is 3. The summed E-state index contributed by atoms with van der Waals surface area (Å²) in [6, 6.07) is 50.6. The van der Waals surface area contributed by atoms with Crippen molar-refractivity contribution in [3.8, 4) is 56.1 Å². The lowest BCUT2D eigenvalue weighted by Crippen LogP contribution is -2.18. The van der Waals surface area contributed by atoms with Crippen LogP contribution in [0.2, 0.25) is 0 Å². The number of benzene rings is 8. The number of sulfone groups is 2. The van der Waals surface area contributed by atoms with Crippen LogP contribution in [-0.4, -0.2) is 106 Å². The Morgan fingerprint density at radius 1 is 0.462 bits per heavy atom. The SMILES string of the molecule is CN(c1cc(-c2ccc3ccn(C)c3c2)c2nccnc2c1)c1cnccc1C(N)=O.Cn1ccc2ccc(-c3cc(Nc4cc(-c5ncco5)ccc4S(C)(=O)=O)cc4nccnc34)cc21.Cn1nccc1-c1ccc(S(C)(=O)=O)c(Nc2cc(-c3ccc4ccn(C)c4c3)c3nccnc3c2)c1. The van der Waals surface area contributed by atoms with Crippen molar-refractivity contribution in [1.82, 2.24) is 63.4 Å². The molecule has 0 saturated heterocycles. The molecular weight excluding hydrogens is 1350 g/mol. The number of amides is 1. The molecule has 0 aliphatic rings. The van der Waals surface area contributed by atoms with Gasteiger partial charge in [0.05, 0.1) is 83.6 Å². The van der Waals surface area contributed by atoms with Gasteiger partial charge in [-0.3, -0.25) is 44.4 Å². The molecule has 9 aromatic heterocycles. The number of fused-ring (bicyclic) bond motifs is 6. The molecule has 0 fully saturated rings. The summed E-state index contributed by atoms with van der Waals surface area (Å²) in [7, 11) is 2.79. The van der Waals surface area contributed by atoms with Crippen molar-refractivity contribution in [2.75, 3.05) is 35.1 Å². The van der Waals surface area contributed by atoms with Crippen molar-refractivity contribution < 1.29 is 26.0 Å². The highest BCUT2D eigenvalue weighted by Crippen LogP contribution is 2.40. The largest absolute Gasteiger partial charge is 0.445 e. The minimum Gasteiger partial charge on any atom is -0.445 e. The second-order valence-corrected chi connectivity index (χ2v) is 29.1. The van der Waals surface area contributed by atoms with Gasteiger partial charge in [-0.15, -0.1) is 0 Å². The van der Waals surface area contributed by atoms with E-state index in [1.165, 1.54) is 24.2 Å². The van der Waals surface area contributed by atoms with Crippen LogP contribution in [-0.2, 0) is 47.9 Å². The van der Waals surface area contributed by atoms with Crippen LogP contribution in [0, 0.1) is 0 Å². The van der Waals surface area contributed by atoms with Crippen LogP contribution in [0.4, 0.5) is 34.1 Å². The molecule has 17 rings (SSSR count). The van der Waals surface area contributed by atoms with Gasteiger partial charge in [-0.05, 0) is 148 Å². The monoisotopic (exact) mass is 1410 g/mol. The van der Waals surface area contributed by atoms with Gasteiger partial charge in [-0.1, -0.05) is 42.5 Å². The molecule has 0 aliphatic carbocycles. The second kappa shape index (κ2) is 27.0. The van der Waals surface area contributed by atoms with Crippen LogP contribution in [0.25, 0.3) is 122 Å². The molecule has 25 heteroatoms. The van der Waals surface area contributed by atoms with Gasteiger partial charge >= 0.3 is 0 Å². The molecule has 0 bridgehead atoms. The van der Waals surface area contributed by atoms with E-state index < -0.39 is 25.6 Å². The molecule has 0 saturated carbocycles. The van der Waals surface area contributed by atoms with Gasteiger partial charge in [-0.2, -0.15) is 5.10 Å². The Morgan fingerprint density at radius 2 is 0.913 bits per heavy atom. The van der Waals surface area contributed by atoms with Crippen molar-refractivity contribution >= 4 is 126 Å². The number of anilines is 6. The Morgan fingerprint density at radius 3 is 1.37 bits per heavy atom. The molecule has 0 atom stereocenters. The van der Waals surface area contributed by atoms with E-state index in [1.807, 2.05) is 101 Å². The molecule has 0 unspecified atom stereocenters. The molecule has 1 amide bonds. The van der Waals surface area contributed by atoms with E-state index in [2.05, 4.69) is 148 Å². The molecule has 104 heavy (non-hydrogen) atoms. The van der Waals surface area contributed by atoms with Crippen LogP contribution < -0.4 is 21.3 Å². The predicted molar refractivity (Wildman–Crippen MR) is 409 cm³/mol. The number of carbonyl (C=O) groups is 1. The smallest absolute Gasteiger partial charge is 0.250 e. The van der Waals surface area contributed by atoms with Crippen molar-refractivity contribution in [3.63, 3.8) is 0 Å². The Labute approximate surface area is 596 Å². The van der Waals surface area contributed by atoms with Gasteiger partial charge in [0, 0.05) is 177 Å². The third-order valence-corrected chi connectivity index (χ3v) is 20.5. The Balaban J connectivity index is 0.000000126. The summed E-state index contributed by atoms with van der Waals surface area (Å²) in [4.78, 5) is 49.9. The number of aryl methyl sites for hydroxylation is 4. The third kappa shape index (κ3) is 13.2. The van der Waals surface area contributed by atoms with Crippen molar-refractivity contribution in [1.29, 1.82) is 0 Å². The summed E-state index contributed by atoms with van der Waals surface area (Å²) < 4.78 is 63.9. The molecule has 8 aromatic carbocycles. The first kappa shape index (κ1) is 66.6. The number of hydrogen-bond acceptors (Lipinski definition) is 18. The fraction of sp³-hybridized carbons (Fsp3) is 0.0886. The molecule has 0 aliphatic heterocycles.